The highest BCUT2D eigenvalue weighted by Crippen LogP contribution is 2.06. The summed E-state index contributed by atoms with van der Waals surface area (Å²) >= 11 is 0. The Kier molecular flexibility index (Phi) is 2.72. The van der Waals surface area contributed by atoms with Crippen molar-refractivity contribution >= 4 is 10.9 Å². The summed E-state index contributed by atoms with van der Waals surface area (Å²) in [5.74, 6) is 0. The van der Waals surface area contributed by atoms with Crippen molar-refractivity contribution in [2.45, 2.75) is 13.5 Å². The number of hydrogen-bond donors (Lipinski definition) is 1. The van der Waals surface area contributed by atoms with Crippen molar-refractivity contribution in [3.63, 3.8) is 0 Å². The fourth-order valence-corrected chi connectivity index (χ4v) is 1.63. The third kappa shape index (κ3) is 1.69. The lowest BCUT2D eigenvalue weighted by Crippen LogP contribution is -2.29. The van der Waals surface area contributed by atoms with Gasteiger partial charge >= 0.3 is 5.69 Å². The molecule has 16 heavy (non-hydrogen) atoms. The molecular formula is C12H12N2O2. The van der Waals surface area contributed by atoms with Gasteiger partial charge in [-0.3, -0.25) is 14.3 Å². The molecule has 0 unspecified atom stereocenters. The summed E-state index contributed by atoms with van der Waals surface area (Å²) in [5, 5.41) is 0.534. The van der Waals surface area contributed by atoms with Crippen LogP contribution in [0.2, 0.25) is 0 Å². The maximum absolute atomic E-state index is 11.6. The third-order valence-electron chi connectivity index (χ3n) is 2.43. The number of aromatic nitrogens is 2. The van der Waals surface area contributed by atoms with Gasteiger partial charge in [-0.05, 0) is 19.1 Å². The number of para-hydroxylation sites is 1. The van der Waals surface area contributed by atoms with Gasteiger partial charge in [0.1, 0.15) is 0 Å². The van der Waals surface area contributed by atoms with E-state index in [1.54, 1.807) is 18.2 Å². The number of nitrogens with zero attached hydrogens (tertiary/aromatic N) is 1. The van der Waals surface area contributed by atoms with Crippen molar-refractivity contribution in [2.75, 3.05) is 0 Å². The molecule has 0 saturated heterocycles. The van der Waals surface area contributed by atoms with E-state index in [1.807, 2.05) is 25.1 Å². The van der Waals surface area contributed by atoms with E-state index in [9.17, 15) is 9.59 Å². The molecule has 2 aromatic rings. The van der Waals surface area contributed by atoms with E-state index in [0.29, 0.717) is 17.4 Å². The van der Waals surface area contributed by atoms with Gasteiger partial charge in [0.25, 0.3) is 5.56 Å². The van der Waals surface area contributed by atoms with Crippen molar-refractivity contribution in [1.82, 2.24) is 9.55 Å². The topological polar surface area (TPSA) is 54.9 Å². The van der Waals surface area contributed by atoms with E-state index in [2.05, 4.69) is 4.98 Å². The number of hydrogen-bond acceptors (Lipinski definition) is 2. The van der Waals surface area contributed by atoms with Crippen LogP contribution in [0.25, 0.3) is 10.9 Å². The number of benzene rings is 1. The highest BCUT2D eigenvalue weighted by molar-refractivity contribution is 5.77. The van der Waals surface area contributed by atoms with Crippen molar-refractivity contribution in [2.24, 2.45) is 0 Å². The second-order valence-corrected chi connectivity index (χ2v) is 3.46. The Hall–Kier alpha value is -2.10. The first kappa shape index (κ1) is 10.4. The summed E-state index contributed by atoms with van der Waals surface area (Å²) in [6.07, 6.45) is 3.73. The highest BCUT2D eigenvalue weighted by atomic mass is 16.2. The predicted molar refractivity (Wildman–Crippen MR) is 63.6 cm³/mol. The zero-order valence-electron chi connectivity index (χ0n) is 8.93. The Balaban J connectivity index is 2.81. The molecule has 0 bridgehead atoms. The number of H-pyrrole nitrogens is 1. The van der Waals surface area contributed by atoms with Crippen molar-refractivity contribution < 1.29 is 0 Å². The van der Waals surface area contributed by atoms with Crippen molar-refractivity contribution in [1.29, 1.82) is 0 Å². The molecule has 0 radical (unpaired) electrons. The lowest BCUT2D eigenvalue weighted by atomic mass is 10.2. The van der Waals surface area contributed by atoms with Gasteiger partial charge in [0.2, 0.25) is 0 Å². The quantitative estimate of drug-likeness (QED) is 0.768. The molecule has 0 aliphatic heterocycles. The molecular weight excluding hydrogens is 204 g/mol. The summed E-state index contributed by atoms with van der Waals surface area (Å²) in [4.78, 5) is 25.5. The molecule has 0 spiro atoms. The maximum atomic E-state index is 11.6. The first-order valence-electron chi connectivity index (χ1n) is 5.07. The molecule has 4 nitrogen and oxygen atoms in total. The molecule has 0 atom stereocenters. The Morgan fingerprint density at radius 2 is 2.06 bits per heavy atom. The largest absolute Gasteiger partial charge is 0.329 e. The van der Waals surface area contributed by atoms with Crippen LogP contribution in [0, 0.1) is 0 Å². The minimum absolute atomic E-state index is 0.336. The fourth-order valence-electron chi connectivity index (χ4n) is 1.63. The normalized spacial score (nSPS) is 11.3. The number of fused-ring (bicyclic) bond motifs is 1. The average molecular weight is 216 g/mol. The van der Waals surface area contributed by atoms with Crippen molar-refractivity contribution in [3.8, 4) is 0 Å². The van der Waals surface area contributed by atoms with Gasteiger partial charge in [0, 0.05) is 6.54 Å². The first-order valence-corrected chi connectivity index (χ1v) is 5.07. The molecule has 4 heteroatoms. The van der Waals surface area contributed by atoms with Crippen LogP contribution in [0.3, 0.4) is 0 Å². The number of rotatable bonds is 2. The van der Waals surface area contributed by atoms with E-state index >= 15 is 0 Å². The van der Waals surface area contributed by atoms with E-state index in [-0.39, 0.29) is 11.2 Å². The van der Waals surface area contributed by atoms with Gasteiger partial charge in [-0.1, -0.05) is 24.3 Å². The summed E-state index contributed by atoms with van der Waals surface area (Å²) in [6.45, 7) is 2.35. The van der Waals surface area contributed by atoms with Gasteiger partial charge in [-0.2, -0.15) is 0 Å². The zero-order chi connectivity index (χ0) is 11.5. The molecule has 0 aliphatic carbocycles. The fraction of sp³-hybridized carbons (Fsp3) is 0.167. The molecule has 0 fully saturated rings. The third-order valence-corrected chi connectivity index (χ3v) is 2.43. The Labute approximate surface area is 91.9 Å². The summed E-state index contributed by atoms with van der Waals surface area (Å²) in [6, 6.07) is 7.07. The molecule has 1 N–H and O–H groups in total. The van der Waals surface area contributed by atoms with Crippen LogP contribution in [0.15, 0.2) is 46.0 Å². The maximum Gasteiger partial charge on any atom is 0.329 e. The first-order chi connectivity index (χ1) is 7.74. The molecule has 82 valence electrons. The van der Waals surface area contributed by atoms with Crippen molar-refractivity contribution in [3.05, 3.63) is 57.3 Å². The molecule has 0 amide bonds. The average Bonchev–Trinajstić information content (AvgIpc) is 2.29. The van der Waals surface area contributed by atoms with E-state index in [4.69, 9.17) is 0 Å². The summed E-state index contributed by atoms with van der Waals surface area (Å²) < 4.78 is 1.54. The minimum Gasteiger partial charge on any atom is -0.290 e. The van der Waals surface area contributed by atoms with Crippen LogP contribution >= 0.6 is 0 Å². The highest BCUT2D eigenvalue weighted by Gasteiger charge is 2.04. The molecule has 1 aromatic carbocycles. The number of allylic oxidation sites excluding steroid dienone is 2. The number of aromatic amines is 1. The lowest BCUT2D eigenvalue weighted by molar-refractivity contribution is 0.773. The van der Waals surface area contributed by atoms with Crippen LogP contribution in [0.5, 0.6) is 0 Å². The number of nitrogens with one attached hydrogen (secondary N) is 1. The second kappa shape index (κ2) is 4.18. The Bertz CT molecular complexity index is 650. The smallest absolute Gasteiger partial charge is 0.290 e. The van der Waals surface area contributed by atoms with Crippen LogP contribution in [0.1, 0.15) is 6.92 Å². The van der Waals surface area contributed by atoms with Crippen LogP contribution < -0.4 is 11.2 Å². The van der Waals surface area contributed by atoms with Gasteiger partial charge in [0.15, 0.2) is 0 Å². The zero-order valence-corrected chi connectivity index (χ0v) is 8.93. The summed E-state index contributed by atoms with van der Waals surface area (Å²) in [5.41, 5.74) is -0.0477. The second-order valence-electron chi connectivity index (χ2n) is 3.46. The van der Waals surface area contributed by atoms with Crippen LogP contribution in [-0.4, -0.2) is 9.55 Å². The predicted octanol–water partition coefficient (Wildman–Crippen LogP) is 1.27. The van der Waals surface area contributed by atoms with Gasteiger partial charge < -0.3 is 0 Å². The summed E-state index contributed by atoms with van der Waals surface area (Å²) in [7, 11) is 0. The lowest BCUT2D eigenvalue weighted by Gasteiger charge is -2.05. The van der Waals surface area contributed by atoms with E-state index < -0.39 is 0 Å². The Morgan fingerprint density at radius 1 is 1.31 bits per heavy atom. The van der Waals surface area contributed by atoms with Gasteiger partial charge in [-0.15, -0.1) is 0 Å². The van der Waals surface area contributed by atoms with Crippen LogP contribution in [-0.2, 0) is 6.54 Å². The van der Waals surface area contributed by atoms with E-state index in [1.165, 1.54) is 4.57 Å². The minimum atomic E-state index is -0.373. The van der Waals surface area contributed by atoms with Gasteiger partial charge in [0.05, 0.1) is 10.9 Å². The molecule has 1 heterocycles. The molecule has 2 rings (SSSR count). The van der Waals surface area contributed by atoms with Crippen LogP contribution in [0.4, 0.5) is 0 Å². The molecule has 1 aromatic heterocycles. The Morgan fingerprint density at radius 3 is 2.81 bits per heavy atom. The SMILES string of the molecule is CC=CCn1c(=O)[nH]c(=O)c2ccccc21. The van der Waals surface area contributed by atoms with Gasteiger partial charge in [-0.25, -0.2) is 4.79 Å². The monoisotopic (exact) mass is 216 g/mol. The standard InChI is InChI=1S/C12H12N2O2/c1-2-3-8-14-10-7-5-4-6-9(10)11(15)13-12(14)16/h2-7H,8H2,1H3,(H,13,15,16). The van der Waals surface area contributed by atoms with E-state index in [0.717, 1.165) is 0 Å². The molecule has 0 saturated carbocycles. The molecule has 0 aliphatic rings.